The molecule has 0 saturated carbocycles. The van der Waals surface area contributed by atoms with Gasteiger partial charge in [-0.25, -0.2) is 17.8 Å². The fourth-order valence-electron chi connectivity index (χ4n) is 2.46. The van der Waals surface area contributed by atoms with Crippen LogP contribution in [0.4, 0.5) is 0 Å². The summed E-state index contributed by atoms with van der Waals surface area (Å²) >= 11 is 0. The van der Waals surface area contributed by atoms with Crippen LogP contribution >= 0.6 is 0 Å². The molecule has 3 aromatic rings. The molecule has 1 unspecified atom stereocenters. The first-order valence-electron chi connectivity index (χ1n) is 8.08. The van der Waals surface area contributed by atoms with Gasteiger partial charge in [-0.1, -0.05) is 18.2 Å². The van der Waals surface area contributed by atoms with E-state index in [0.717, 1.165) is 11.3 Å². The van der Waals surface area contributed by atoms with Crippen LogP contribution in [0.1, 0.15) is 25.5 Å². The van der Waals surface area contributed by atoms with Gasteiger partial charge in [-0.05, 0) is 60.2 Å². The van der Waals surface area contributed by atoms with Crippen molar-refractivity contribution in [1.82, 2.24) is 24.9 Å². The number of nitrogens with zero attached hydrogens (tertiary/aromatic N) is 4. The van der Waals surface area contributed by atoms with Gasteiger partial charge in [0, 0.05) is 6.04 Å². The number of benzene rings is 2. The molecule has 1 atom stereocenters. The summed E-state index contributed by atoms with van der Waals surface area (Å²) in [5.41, 5.74) is 1.40. The van der Waals surface area contributed by atoms with Crippen molar-refractivity contribution in [3.8, 4) is 11.4 Å². The summed E-state index contributed by atoms with van der Waals surface area (Å²) in [4.78, 5) is 0.142. The summed E-state index contributed by atoms with van der Waals surface area (Å²) in [6, 6.07) is 13.4. The highest BCUT2D eigenvalue weighted by Crippen LogP contribution is 2.21. The van der Waals surface area contributed by atoms with Crippen LogP contribution in [0.3, 0.4) is 0 Å². The largest absolute Gasteiger partial charge is 0.494 e. The Kier molecular flexibility index (Phi) is 5.29. The lowest BCUT2D eigenvalue weighted by Gasteiger charge is -2.15. The summed E-state index contributed by atoms with van der Waals surface area (Å²) in [7, 11) is -3.70. The highest BCUT2D eigenvalue weighted by atomic mass is 32.2. The van der Waals surface area contributed by atoms with Gasteiger partial charge in [0.25, 0.3) is 0 Å². The smallest absolute Gasteiger partial charge is 0.241 e. The Morgan fingerprint density at radius 3 is 2.62 bits per heavy atom. The zero-order valence-electron chi connectivity index (χ0n) is 14.4. The van der Waals surface area contributed by atoms with Gasteiger partial charge in [-0.2, -0.15) is 0 Å². The molecule has 0 radical (unpaired) electrons. The maximum Gasteiger partial charge on any atom is 0.241 e. The van der Waals surface area contributed by atoms with Crippen molar-refractivity contribution in [1.29, 1.82) is 0 Å². The van der Waals surface area contributed by atoms with Crippen LogP contribution in [0.2, 0.25) is 0 Å². The number of hydrogen-bond acceptors (Lipinski definition) is 6. The second-order valence-electron chi connectivity index (χ2n) is 5.60. The lowest BCUT2D eigenvalue weighted by Crippen LogP contribution is -2.27. The number of aromatic nitrogens is 4. The molecule has 2 aromatic carbocycles. The molecule has 0 aliphatic rings. The maximum absolute atomic E-state index is 12.7. The first kappa shape index (κ1) is 18.0. The van der Waals surface area contributed by atoms with Crippen LogP contribution in [-0.2, 0) is 10.0 Å². The molecule has 0 spiro atoms. The zero-order valence-corrected chi connectivity index (χ0v) is 15.2. The van der Waals surface area contributed by atoms with E-state index in [1.54, 1.807) is 19.1 Å². The molecule has 0 fully saturated rings. The number of nitrogens with one attached hydrogen (secondary N) is 1. The van der Waals surface area contributed by atoms with E-state index in [1.165, 1.54) is 23.1 Å². The summed E-state index contributed by atoms with van der Waals surface area (Å²) in [5.74, 6) is 0.750. The predicted molar refractivity (Wildman–Crippen MR) is 95.5 cm³/mol. The predicted octanol–water partition coefficient (Wildman–Crippen LogP) is 2.10. The van der Waals surface area contributed by atoms with Gasteiger partial charge in [0.15, 0.2) is 0 Å². The van der Waals surface area contributed by atoms with Gasteiger partial charge in [0.05, 0.1) is 17.2 Å². The second kappa shape index (κ2) is 7.63. The van der Waals surface area contributed by atoms with E-state index in [4.69, 9.17) is 4.74 Å². The van der Waals surface area contributed by atoms with Crippen LogP contribution < -0.4 is 9.46 Å². The van der Waals surface area contributed by atoms with Crippen molar-refractivity contribution < 1.29 is 13.2 Å². The van der Waals surface area contributed by atoms with E-state index in [1.807, 2.05) is 31.2 Å². The minimum absolute atomic E-state index is 0.142. The van der Waals surface area contributed by atoms with Crippen LogP contribution in [0.5, 0.6) is 5.75 Å². The topological polar surface area (TPSA) is 99.0 Å². The van der Waals surface area contributed by atoms with E-state index in [2.05, 4.69) is 20.2 Å². The summed E-state index contributed by atoms with van der Waals surface area (Å²) in [6.45, 7) is 4.28. The Labute approximate surface area is 151 Å². The Hall–Kier alpha value is -2.78. The standard InChI is InChI=1S/C17H19N5O3S/c1-3-25-16-9-7-14(8-10-16)13(2)19-26(23,24)17-6-4-5-15(11-17)22-12-18-20-21-22/h4-13,19H,3H2,1-2H3. The number of rotatable bonds is 7. The molecular weight excluding hydrogens is 354 g/mol. The SMILES string of the molecule is CCOc1ccc(C(C)NS(=O)(=O)c2cccc(-n3cnnn3)c2)cc1. The fourth-order valence-corrected chi connectivity index (χ4v) is 3.73. The van der Waals surface area contributed by atoms with Crippen molar-refractivity contribution in [2.24, 2.45) is 0 Å². The lowest BCUT2D eigenvalue weighted by atomic mass is 10.1. The molecule has 0 amide bonds. The average Bonchev–Trinajstić information content (AvgIpc) is 3.17. The molecule has 1 aromatic heterocycles. The van der Waals surface area contributed by atoms with E-state index < -0.39 is 16.1 Å². The average molecular weight is 373 g/mol. The minimum Gasteiger partial charge on any atom is -0.494 e. The molecule has 0 aliphatic carbocycles. The number of ether oxygens (including phenoxy) is 1. The molecule has 26 heavy (non-hydrogen) atoms. The third kappa shape index (κ3) is 4.06. The van der Waals surface area contributed by atoms with Crippen molar-refractivity contribution >= 4 is 10.0 Å². The van der Waals surface area contributed by atoms with Crippen LogP contribution in [0.15, 0.2) is 59.8 Å². The molecule has 0 aliphatic heterocycles. The molecule has 1 N–H and O–H groups in total. The summed E-state index contributed by atoms with van der Waals surface area (Å²) in [5, 5.41) is 10.9. The number of sulfonamides is 1. The molecule has 136 valence electrons. The quantitative estimate of drug-likeness (QED) is 0.681. The van der Waals surface area contributed by atoms with E-state index in [-0.39, 0.29) is 4.90 Å². The third-order valence-electron chi connectivity index (χ3n) is 3.76. The number of hydrogen-bond donors (Lipinski definition) is 1. The molecule has 9 heteroatoms. The summed E-state index contributed by atoms with van der Waals surface area (Å²) < 4.78 is 34.9. The minimum atomic E-state index is -3.70. The molecule has 3 rings (SSSR count). The Morgan fingerprint density at radius 2 is 1.96 bits per heavy atom. The van der Waals surface area contributed by atoms with Gasteiger partial charge < -0.3 is 4.74 Å². The van der Waals surface area contributed by atoms with E-state index in [0.29, 0.717) is 12.3 Å². The van der Waals surface area contributed by atoms with Gasteiger partial charge in [0.1, 0.15) is 12.1 Å². The molecular formula is C17H19N5O3S. The van der Waals surface area contributed by atoms with Crippen molar-refractivity contribution in [2.45, 2.75) is 24.8 Å². The Balaban J connectivity index is 1.79. The maximum atomic E-state index is 12.7. The highest BCUT2D eigenvalue weighted by Gasteiger charge is 2.19. The summed E-state index contributed by atoms with van der Waals surface area (Å²) in [6.07, 6.45) is 1.40. The fraction of sp³-hybridized carbons (Fsp3) is 0.235. The van der Waals surface area contributed by atoms with Crippen molar-refractivity contribution in [2.75, 3.05) is 6.61 Å². The Morgan fingerprint density at radius 1 is 1.19 bits per heavy atom. The van der Waals surface area contributed by atoms with Gasteiger partial charge in [0.2, 0.25) is 10.0 Å². The molecule has 1 heterocycles. The Bertz CT molecular complexity index is 956. The van der Waals surface area contributed by atoms with Crippen LogP contribution in [-0.4, -0.2) is 35.2 Å². The second-order valence-corrected chi connectivity index (χ2v) is 7.31. The monoisotopic (exact) mass is 373 g/mol. The zero-order chi connectivity index (χ0) is 18.6. The molecule has 0 saturated heterocycles. The van der Waals surface area contributed by atoms with Gasteiger partial charge in [-0.3, -0.25) is 0 Å². The van der Waals surface area contributed by atoms with Crippen molar-refractivity contribution in [3.63, 3.8) is 0 Å². The van der Waals surface area contributed by atoms with Gasteiger partial charge >= 0.3 is 0 Å². The van der Waals surface area contributed by atoms with Crippen LogP contribution in [0.25, 0.3) is 5.69 Å². The van der Waals surface area contributed by atoms with Crippen LogP contribution in [0, 0.1) is 0 Å². The van der Waals surface area contributed by atoms with E-state index in [9.17, 15) is 8.42 Å². The van der Waals surface area contributed by atoms with E-state index >= 15 is 0 Å². The lowest BCUT2D eigenvalue weighted by molar-refractivity contribution is 0.340. The highest BCUT2D eigenvalue weighted by molar-refractivity contribution is 7.89. The number of tetrazole rings is 1. The normalized spacial score (nSPS) is 12.7. The first-order chi connectivity index (χ1) is 12.5. The molecule has 8 nitrogen and oxygen atoms in total. The first-order valence-corrected chi connectivity index (χ1v) is 9.56. The van der Waals surface area contributed by atoms with Gasteiger partial charge in [-0.15, -0.1) is 5.10 Å². The molecule has 0 bridgehead atoms. The third-order valence-corrected chi connectivity index (χ3v) is 5.30. The van der Waals surface area contributed by atoms with Crippen molar-refractivity contribution in [3.05, 3.63) is 60.4 Å².